The third-order valence-electron chi connectivity index (χ3n) is 4.44. The van der Waals surface area contributed by atoms with Crippen LogP contribution >= 0.6 is 24.2 Å². The second-order valence-electron chi connectivity index (χ2n) is 5.48. The molecular formula is C16H26ClNS. The number of thiol groups is 1. The fraction of sp³-hybridized carbons (Fsp3) is 0.625. The molecule has 0 heterocycles. The normalized spacial score (nSPS) is 13.8. The average Bonchev–Trinajstić information content (AvgIpc) is 2.44. The molecule has 0 bridgehead atoms. The number of rotatable bonds is 7. The first-order valence-corrected chi connectivity index (χ1v) is 8.06. The zero-order valence-electron chi connectivity index (χ0n) is 12.5. The molecule has 3 heteroatoms. The molecule has 0 fully saturated rings. The van der Waals surface area contributed by atoms with Gasteiger partial charge in [0.1, 0.15) is 0 Å². The number of benzene rings is 1. The van der Waals surface area contributed by atoms with E-state index in [0.717, 1.165) is 30.2 Å². The SMILES string of the molecule is CCC(CC)(CS)CN(C)C(C)c1ccccc1Cl. The maximum Gasteiger partial charge on any atom is 0.0453 e. The molecule has 0 saturated carbocycles. The van der Waals surface area contributed by atoms with Gasteiger partial charge in [-0.25, -0.2) is 0 Å². The Balaban J connectivity index is 2.83. The highest BCUT2D eigenvalue weighted by Crippen LogP contribution is 2.33. The lowest BCUT2D eigenvalue weighted by atomic mass is 9.83. The minimum Gasteiger partial charge on any atom is -0.299 e. The minimum atomic E-state index is 0.299. The maximum absolute atomic E-state index is 6.29. The standard InChI is InChI=1S/C16H26ClNS/c1-5-16(6-2,12-19)11-18(4)13(3)14-9-7-8-10-15(14)17/h7-10,13,19H,5-6,11-12H2,1-4H3. The van der Waals surface area contributed by atoms with Crippen LogP contribution in [0.5, 0.6) is 0 Å². The van der Waals surface area contributed by atoms with Crippen LogP contribution in [0.3, 0.4) is 0 Å². The fourth-order valence-corrected chi connectivity index (χ4v) is 3.31. The monoisotopic (exact) mass is 299 g/mol. The van der Waals surface area contributed by atoms with E-state index in [1.54, 1.807) is 0 Å². The Morgan fingerprint density at radius 2 is 1.84 bits per heavy atom. The van der Waals surface area contributed by atoms with Crippen molar-refractivity contribution in [1.29, 1.82) is 0 Å². The van der Waals surface area contributed by atoms with Crippen molar-refractivity contribution in [3.8, 4) is 0 Å². The Kier molecular flexibility index (Phi) is 6.72. The molecule has 0 aliphatic heterocycles. The smallest absolute Gasteiger partial charge is 0.0453 e. The summed E-state index contributed by atoms with van der Waals surface area (Å²) in [6.07, 6.45) is 2.32. The molecule has 1 rings (SSSR count). The van der Waals surface area contributed by atoms with Gasteiger partial charge in [0, 0.05) is 17.6 Å². The lowest BCUT2D eigenvalue weighted by molar-refractivity contribution is 0.150. The summed E-state index contributed by atoms with van der Waals surface area (Å²) in [5, 5.41) is 0.853. The molecule has 0 radical (unpaired) electrons. The molecule has 19 heavy (non-hydrogen) atoms. The number of hydrogen-bond acceptors (Lipinski definition) is 2. The van der Waals surface area contributed by atoms with Crippen LogP contribution < -0.4 is 0 Å². The van der Waals surface area contributed by atoms with Crippen molar-refractivity contribution < 1.29 is 0 Å². The van der Waals surface area contributed by atoms with Crippen molar-refractivity contribution in [1.82, 2.24) is 4.90 Å². The van der Waals surface area contributed by atoms with Crippen LogP contribution in [0.1, 0.15) is 45.2 Å². The molecule has 1 unspecified atom stereocenters. The van der Waals surface area contributed by atoms with Gasteiger partial charge in [0.05, 0.1) is 0 Å². The van der Waals surface area contributed by atoms with E-state index in [1.165, 1.54) is 5.56 Å². The molecule has 0 aliphatic rings. The van der Waals surface area contributed by atoms with Gasteiger partial charge < -0.3 is 0 Å². The summed E-state index contributed by atoms with van der Waals surface area (Å²) in [5.41, 5.74) is 1.50. The van der Waals surface area contributed by atoms with Crippen molar-refractivity contribution >= 4 is 24.2 Å². The Hall–Kier alpha value is -0.180. The predicted octanol–water partition coefficient (Wildman–Crippen LogP) is 5.07. The third kappa shape index (κ3) is 4.14. The first-order valence-electron chi connectivity index (χ1n) is 7.05. The van der Waals surface area contributed by atoms with Crippen LogP contribution in [0, 0.1) is 5.41 Å². The Bertz CT molecular complexity index is 382. The summed E-state index contributed by atoms with van der Waals surface area (Å²) < 4.78 is 0. The summed E-state index contributed by atoms with van der Waals surface area (Å²) >= 11 is 10.9. The van der Waals surface area contributed by atoms with Crippen LogP contribution in [0.15, 0.2) is 24.3 Å². The van der Waals surface area contributed by atoms with Gasteiger partial charge in [-0.05, 0) is 49.6 Å². The van der Waals surface area contributed by atoms with Crippen LogP contribution in [-0.4, -0.2) is 24.2 Å². The van der Waals surface area contributed by atoms with Gasteiger partial charge >= 0.3 is 0 Å². The third-order valence-corrected chi connectivity index (χ3v) is 5.45. The average molecular weight is 300 g/mol. The largest absolute Gasteiger partial charge is 0.299 e. The minimum absolute atomic E-state index is 0.299. The summed E-state index contributed by atoms with van der Waals surface area (Å²) in [4.78, 5) is 2.39. The van der Waals surface area contributed by atoms with Gasteiger partial charge in [-0.15, -0.1) is 0 Å². The second kappa shape index (κ2) is 7.56. The molecule has 1 aromatic rings. The van der Waals surface area contributed by atoms with Crippen LogP contribution in [0.25, 0.3) is 0 Å². The molecule has 108 valence electrons. The van der Waals surface area contributed by atoms with Crippen molar-refractivity contribution in [2.45, 2.75) is 39.7 Å². The summed E-state index contributed by atoms with van der Waals surface area (Å²) in [6, 6.07) is 8.44. The van der Waals surface area contributed by atoms with Gasteiger partial charge in [0.25, 0.3) is 0 Å². The molecule has 1 aromatic carbocycles. The molecule has 1 nitrogen and oxygen atoms in total. The highest BCUT2D eigenvalue weighted by molar-refractivity contribution is 7.80. The number of halogens is 1. The van der Waals surface area contributed by atoms with Crippen molar-refractivity contribution in [2.24, 2.45) is 5.41 Å². The molecular weight excluding hydrogens is 274 g/mol. The van der Waals surface area contributed by atoms with Gasteiger partial charge in [-0.3, -0.25) is 4.90 Å². The Labute approximate surface area is 128 Å². The molecule has 0 aromatic heterocycles. The lowest BCUT2D eigenvalue weighted by Gasteiger charge is -2.37. The van der Waals surface area contributed by atoms with E-state index < -0.39 is 0 Å². The number of hydrogen-bond donors (Lipinski definition) is 1. The molecule has 0 saturated heterocycles. The molecule has 1 atom stereocenters. The first-order chi connectivity index (χ1) is 8.99. The highest BCUT2D eigenvalue weighted by Gasteiger charge is 2.28. The van der Waals surface area contributed by atoms with E-state index in [1.807, 2.05) is 12.1 Å². The first kappa shape index (κ1) is 16.9. The van der Waals surface area contributed by atoms with Crippen molar-refractivity contribution in [3.63, 3.8) is 0 Å². The van der Waals surface area contributed by atoms with Crippen molar-refractivity contribution in [3.05, 3.63) is 34.9 Å². The zero-order chi connectivity index (χ0) is 14.5. The molecule has 0 N–H and O–H groups in total. The van der Waals surface area contributed by atoms with Gasteiger partial charge in [0.2, 0.25) is 0 Å². The zero-order valence-corrected chi connectivity index (χ0v) is 14.1. The maximum atomic E-state index is 6.29. The summed E-state index contributed by atoms with van der Waals surface area (Å²) in [6.45, 7) is 7.78. The van der Waals surface area contributed by atoms with E-state index in [4.69, 9.17) is 11.6 Å². The highest BCUT2D eigenvalue weighted by atomic mass is 35.5. The second-order valence-corrected chi connectivity index (χ2v) is 6.20. The topological polar surface area (TPSA) is 3.24 Å². The predicted molar refractivity (Wildman–Crippen MR) is 89.4 cm³/mol. The molecule has 0 amide bonds. The van der Waals surface area contributed by atoms with Crippen molar-refractivity contribution in [2.75, 3.05) is 19.3 Å². The van der Waals surface area contributed by atoms with Crippen LogP contribution in [0.2, 0.25) is 5.02 Å². The van der Waals surface area contributed by atoms with Gasteiger partial charge in [-0.2, -0.15) is 12.6 Å². The van der Waals surface area contributed by atoms with E-state index >= 15 is 0 Å². The van der Waals surface area contributed by atoms with E-state index in [9.17, 15) is 0 Å². The summed E-state index contributed by atoms with van der Waals surface area (Å²) in [7, 11) is 2.18. The van der Waals surface area contributed by atoms with E-state index in [0.29, 0.717) is 11.5 Å². The van der Waals surface area contributed by atoms with Gasteiger partial charge in [0.15, 0.2) is 0 Å². The Morgan fingerprint density at radius 3 is 2.32 bits per heavy atom. The van der Waals surface area contributed by atoms with Crippen LogP contribution in [-0.2, 0) is 0 Å². The summed E-state index contributed by atoms with van der Waals surface area (Å²) in [5.74, 6) is 0.930. The van der Waals surface area contributed by atoms with Crippen LogP contribution in [0.4, 0.5) is 0 Å². The van der Waals surface area contributed by atoms with Gasteiger partial charge in [-0.1, -0.05) is 43.6 Å². The quantitative estimate of drug-likeness (QED) is 0.688. The Morgan fingerprint density at radius 1 is 1.26 bits per heavy atom. The lowest BCUT2D eigenvalue weighted by Crippen LogP contribution is -2.37. The van der Waals surface area contributed by atoms with E-state index in [-0.39, 0.29) is 0 Å². The molecule has 0 aliphatic carbocycles. The fourth-order valence-electron chi connectivity index (χ4n) is 2.46. The number of nitrogens with zero attached hydrogens (tertiary/aromatic N) is 1. The molecule has 0 spiro atoms. The van der Waals surface area contributed by atoms with E-state index in [2.05, 4.69) is 57.5 Å².